The molecule has 3 N–H and O–H groups in total. The van der Waals surface area contributed by atoms with E-state index in [9.17, 15) is 18.3 Å². The lowest BCUT2D eigenvalue weighted by Gasteiger charge is -2.27. The number of oxazole rings is 1. The smallest absolute Gasteiger partial charge is 0.337 e. The number of nitrogens with zero attached hydrogens (tertiary/aromatic N) is 3. The molecule has 0 amide bonds. The predicted octanol–water partition coefficient (Wildman–Crippen LogP) is 3.43. The number of aromatic nitrogens is 2. The second-order valence-corrected chi connectivity index (χ2v) is 9.59. The minimum Gasteiger partial charge on any atom is -0.478 e. The number of pyridine rings is 1. The van der Waals surface area contributed by atoms with Crippen molar-refractivity contribution in [2.45, 2.75) is 4.90 Å². The number of anilines is 4. The highest BCUT2D eigenvalue weighted by atomic mass is 32.2. The van der Waals surface area contributed by atoms with Gasteiger partial charge in [0.1, 0.15) is 11.2 Å². The van der Waals surface area contributed by atoms with Crippen LogP contribution in [0.5, 0.6) is 0 Å². The number of carbonyl (C=O) groups is 1. The zero-order valence-electron chi connectivity index (χ0n) is 18.3. The molecule has 0 aliphatic carbocycles. The molecule has 1 aliphatic rings. The molecule has 2 aromatic heterocycles. The van der Waals surface area contributed by atoms with Crippen molar-refractivity contribution in [2.24, 2.45) is 0 Å². The molecule has 0 spiro atoms. The van der Waals surface area contributed by atoms with E-state index in [1.165, 1.54) is 29.0 Å². The van der Waals surface area contributed by atoms with Crippen molar-refractivity contribution in [3.63, 3.8) is 0 Å². The Labute approximate surface area is 200 Å². The van der Waals surface area contributed by atoms with Crippen LogP contribution in [-0.4, -0.2) is 60.1 Å². The van der Waals surface area contributed by atoms with Gasteiger partial charge in [0.05, 0.1) is 41.9 Å². The van der Waals surface area contributed by atoms with Gasteiger partial charge in [0.25, 0.3) is 6.01 Å². The minimum absolute atomic E-state index is 0.00116. The van der Waals surface area contributed by atoms with Crippen LogP contribution in [0.1, 0.15) is 10.4 Å². The van der Waals surface area contributed by atoms with E-state index in [2.05, 4.69) is 20.6 Å². The molecule has 5 rings (SSSR count). The van der Waals surface area contributed by atoms with Crippen LogP contribution in [0.25, 0.3) is 10.9 Å². The van der Waals surface area contributed by atoms with E-state index in [0.29, 0.717) is 16.6 Å². The second kappa shape index (κ2) is 9.33. The number of ether oxygens (including phenoxy) is 1. The van der Waals surface area contributed by atoms with Crippen molar-refractivity contribution < 1.29 is 27.5 Å². The van der Waals surface area contributed by atoms with Crippen molar-refractivity contribution in [3.8, 4) is 0 Å². The first-order chi connectivity index (χ1) is 16.9. The summed E-state index contributed by atoms with van der Waals surface area (Å²) < 4.78 is 39.2. The van der Waals surface area contributed by atoms with Crippen molar-refractivity contribution in [3.05, 3.63) is 66.7 Å². The van der Waals surface area contributed by atoms with Crippen molar-refractivity contribution in [1.29, 1.82) is 0 Å². The third kappa shape index (κ3) is 4.54. The number of nitrogens with one attached hydrogen (secondary N) is 2. The van der Waals surface area contributed by atoms with E-state index >= 15 is 0 Å². The molecule has 0 unspecified atom stereocenters. The predicted molar refractivity (Wildman–Crippen MR) is 128 cm³/mol. The average molecular weight is 496 g/mol. The summed E-state index contributed by atoms with van der Waals surface area (Å²) >= 11 is 0. The molecule has 1 aliphatic heterocycles. The number of benzene rings is 2. The standard InChI is InChI=1S/C23H21N5O6S/c29-22(30)16-3-1-2-4-19(16)27-21-17-13-15(26-23-24-7-10-34-23)5-6-18(17)25-14-20(21)35(31,32)28-8-11-33-12-9-28/h1-7,10,13-14H,8-9,11-12H2,(H,24,26)(H,25,27)(H,29,30). The molecule has 12 heteroatoms. The topological polar surface area (TPSA) is 147 Å². The molecule has 35 heavy (non-hydrogen) atoms. The van der Waals surface area contributed by atoms with Gasteiger partial charge in [0, 0.05) is 30.4 Å². The van der Waals surface area contributed by atoms with E-state index < -0.39 is 16.0 Å². The van der Waals surface area contributed by atoms with Gasteiger partial charge in [-0.25, -0.2) is 18.2 Å². The second-order valence-electron chi connectivity index (χ2n) is 7.68. The Morgan fingerprint density at radius 2 is 1.86 bits per heavy atom. The number of morpholine rings is 1. The van der Waals surface area contributed by atoms with Crippen LogP contribution >= 0.6 is 0 Å². The quantitative estimate of drug-likeness (QED) is 0.348. The molecule has 11 nitrogen and oxygen atoms in total. The average Bonchev–Trinajstić information content (AvgIpc) is 3.38. The monoisotopic (exact) mass is 495 g/mol. The van der Waals surface area contributed by atoms with Crippen LogP contribution in [0.2, 0.25) is 0 Å². The summed E-state index contributed by atoms with van der Waals surface area (Å²) in [5, 5.41) is 16.2. The highest BCUT2D eigenvalue weighted by Gasteiger charge is 2.30. The van der Waals surface area contributed by atoms with Crippen LogP contribution in [0, 0.1) is 0 Å². The first kappa shape index (κ1) is 22.8. The van der Waals surface area contributed by atoms with Crippen LogP contribution in [-0.2, 0) is 14.8 Å². The van der Waals surface area contributed by atoms with Crippen molar-refractivity contribution in [1.82, 2.24) is 14.3 Å². The van der Waals surface area contributed by atoms with Gasteiger partial charge < -0.3 is 24.9 Å². The summed E-state index contributed by atoms with van der Waals surface area (Å²) in [6.07, 6.45) is 4.21. The Kier molecular flexibility index (Phi) is 6.07. The Morgan fingerprint density at radius 1 is 1.06 bits per heavy atom. The zero-order valence-corrected chi connectivity index (χ0v) is 19.2. The van der Waals surface area contributed by atoms with Gasteiger partial charge in [-0.2, -0.15) is 4.31 Å². The highest BCUT2D eigenvalue weighted by Crippen LogP contribution is 2.36. The maximum Gasteiger partial charge on any atom is 0.337 e. The Hall–Kier alpha value is -4.00. The lowest BCUT2D eigenvalue weighted by Crippen LogP contribution is -2.40. The Morgan fingerprint density at radius 3 is 2.60 bits per heavy atom. The van der Waals surface area contributed by atoms with E-state index in [1.807, 2.05) is 0 Å². The normalized spacial score (nSPS) is 14.6. The Bertz CT molecular complexity index is 1480. The van der Waals surface area contributed by atoms with Crippen molar-refractivity contribution in [2.75, 3.05) is 36.9 Å². The first-order valence-electron chi connectivity index (χ1n) is 10.7. The number of aromatic carboxylic acids is 1. The molecule has 2 aromatic carbocycles. The van der Waals surface area contributed by atoms with Gasteiger partial charge >= 0.3 is 5.97 Å². The van der Waals surface area contributed by atoms with Gasteiger partial charge in [-0.05, 0) is 30.3 Å². The third-order valence-corrected chi connectivity index (χ3v) is 7.43. The van der Waals surface area contributed by atoms with Crippen LogP contribution in [0.4, 0.5) is 23.1 Å². The van der Waals surface area contributed by atoms with Gasteiger partial charge in [-0.1, -0.05) is 12.1 Å². The molecule has 3 heterocycles. The fourth-order valence-corrected chi connectivity index (χ4v) is 5.34. The lowest BCUT2D eigenvalue weighted by atomic mass is 10.1. The molecule has 0 radical (unpaired) electrons. The number of para-hydroxylation sites is 1. The summed E-state index contributed by atoms with van der Waals surface area (Å²) in [5.41, 5.74) is 1.56. The summed E-state index contributed by atoms with van der Waals surface area (Å²) in [4.78, 5) is 20.2. The maximum absolute atomic E-state index is 13.6. The van der Waals surface area contributed by atoms with E-state index in [1.54, 1.807) is 36.4 Å². The number of carboxylic acid groups (broad SMARTS) is 1. The number of carboxylic acids is 1. The van der Waals surface area contributed by atoms with Crippen LogP contribution < -0.4 is 10.6 Å². The number of sulfonamides is 1. The summed E-state index contributed by atoms with van der Waals surface area (Å²) in [6.45, 7) is 0.985. The lowest BCUT2D eigenvalue weighted by molar-refractivity contribution is 0.0698. The number of fused-ring (bicyclic) bond motifs is 1. The number of hydrogen-bond acceptors (Lipinski definition) is 9. The summed E-state index contributed by atoms with van der Waals surface area (Å²) in [5.74, 6) is -1.14. The van der Waals surface area contributed by atoms with Gasteiger partial charge in [-0.15, -0.1) is 0 Å². The molecule has 180 valence electrons. The van der Waals surface area contributed by atoms with E-state index in [0.717, 1.165) is 0 Å². The molecule has 0 saturated carbocycles. The third-order valence-electron chi connectivity index (χ3n) is 5.52. The number of rotatable bonds is 7. The maximum atomic E-state index is 13.6. The molecule has 4 aromatic rings. The zero-order chi connectivity index (χ0) is 24.4. The van der Waals surface area contributed by atoms with Crippen LogP contribution in [0.15, 0.2) is 70.4 Å². The SMILES string of the molecule is O=C(O)c1ccccc1Nc1c(S(=O)(=O)N2CCOCC2)cnc2ccc(Nc3ncco3)cc12. The van der Waals surface area contributed by atoms with E-state index in [4.69, 9.17) is 9.15 Å². The fraction of sp³-hybridized carbons (Fsp3) is 0.174. The Balaban J connectivity index is 1.69. The summed E-state index contributed by atoms with van der Waals surface area (Å²) in [7, 11) is -3.97. The van der Waals surface area contributed by atoms with Gasteiger partial charge in [0.15, 0.2) is 0 Å². The molecular formula is C23H21N5O6S. The molecule has 0 bridgehead atoms. The van der Waals surface area contributed by atoms with Crippen LogP contribution in [0.3, 0.4) is 0 Å². The fourth-order valence-electron chi connectivity index (χ4n) is 3.82. The molecule has 0 atom stereocenters. The molecule has 1 fully saturated rings. The summed E-state index contributed by atoms with van der Waals surface area (Å²) in [6, 6.07) is 11.7. The number of hydrogen-bond donors (Lipinski definition) is 3. The minimum atomic E-state index is -3.97. The van der Waals surface area contributed by atoms with E-state index in [-0.39, 0.29) is 54.2 Å². The van der Waals surface area contributed by atoms with Gasteiger partial charge in [-0.3, -0.25) is 4.98 Å². The highest BCUT2D eigenvalue weighted by molar-refractivity contribution is 7.89. The molecular weight excluding hydrogens is 474 g/mol. The van der Waals surface area contributed by atoms with Crippen molar-refractivity contribution >= 4 is 50.0 Å². The largest absolute Gasteiger partial charge is 0.478 e. The van der Waals surface area contributed by atoms with Gasteiger partial charge in [0.2, 0.25) is 10.0 Å². The first-order valence-corrected chi connectivity index (χ1v) is 12.1. The molecule has 1 saturated heterocycles.